The number of thiophene rings is 1. The van der Waals surface area contributed by atoms with E-state index < -0.39 is 0 Å². The van der Waals surface area contributed by atoms with Crippen molar-refractivity contribution in [3.63, 3.8) is 0 Å². The van der Waals surface area contributed by atoms with Crippen molar-refractivity contribution in [2.24, 2.45) is 0 Å². The van der Waals surface area contributed by atoms with Gasteiger partial charge in [0.1, 0.15) is 0 Å². The highest BCUT2D eigenvalue weighted by Crippen LogP contribution is 2.20. The van der Waals surface area contributed by atoms with Crippen LogP contribution < -0.4 is 10.6 Å². The van der Waals surface area contributed by atoms with Crippen LogP contribution in [-0.4, -0.2) is 11.8 Å². The second-order valence-electron chi connectivity index (χ2n) is 5.64. The fraction of sp³-hybridized carbons (Fsp3) is 0.100. The first kappa shape index (κ1) is 16.9. The number of urea groups is 1. The first-order valence-electron chi connectivity index (χ1n) is 7.92. The van der Waals surface area contributed by atoms with Gasteiger partial charge < -0.3 is 10.6 Å². The predicted octanol–water partition coefficient (Wildman–Crippen LogP) is 4.61. The number of benzene rings is 2. The Bertz CT molecular complexity index is 887. The maximum Gasteiger partial charge on any atom is 0.319 e. The Labute approximate surface area is 150 Å². The number of ketones is 1. The standard InChI is InChI=1S/C20H18N2O2S/c1-14-6-5-9-16(12-14)22-20(24)21-13-17-10-11-18(25-17)19(23)15-7-3-2-4-8-15/h2-12H,13H2,1H3,(H2,21,22,24). The van der Waals surface area contributed by atoms with Gasteiger partial charge in [-0.25, -0.2) is 4.79 Å². The van der Waals surface area contributed by atoms with E-state index >= 15 is 0 Å². The SMILES string of the molecule is Cc1cccc(NC(=O)NCc2ccc(C(=O)c3ccccc3)s2)c1. The summed E-state index contributed by atoms with van der Waals surface area (Å²) in [5, 5.41) is 5.60. The molecule has 0 bridgehead atoms. The fourth-order valence-corrected chi connectivity index (χ4v) is 3.30. The lowest BCUT2D eigenvalue weighted by Crippen LogP contribution is -2.27. The molecular formula is C20H18N2O2S. The van der Waals surface area contributed by atoms with Crippen molar-refractivity contribution in [1.82, 2.24) is 5.32 Å². The third-order valence-corrected chi connectivity index (χ3v) is 4.70. The average molecular weight is 350 g/mol. The zero-order chi connectivity index (χ0) is 17.6. The van der Waals surface area contributed by atoms with E-state index in [9.17, 15) is 9.59 Å². The minimum absolute atomic E-state index is 0.000984. The van der Waals surface area contributed by atoms with Gasteiger partial charge in [0.25, 0.3) is 0 Å². The Balaban J connectivity index is 1.56. The lowest BCUT2D eigenvalue weighted by Gasteiger charge is -2.07. The Kier molecular flexibility index (Phi) is 5.26. The monoisotopic (exact) mass is 350 g/mol. The summed E-state index contributed by atoms with van der Waals surface area (Å²) in [4.78, 5) is 26.0. The molecule has 1 aromatic heterocycles. The molecule has 3 rings (SSSR count). The molecule has 0 radical (unpaired) electrons. The molecule has 2 amide bonds. The number of amides is 2. The number of anilines is 1. The van der Waals surface area contributed by atoms with Crippen molar-refractivity contribution in [3.8, 4) is 0 Å². The molecule has 0 spiro atoms. The first-order chi connectivity index (χ1) is 12.1. The smallest absolute Gasteiger partial charge is 0.319 e. The van der Waals surface area contributed by atoms with Crippen LogP contribution in [0.4, 0.5) is 10.5 Å². The van der Waals surface area contributed by atoms with Crippen LogP contribution >= 0.6 is 11.3 Å². The summed E-state index contributed by atoms with van der Waals surface area (Å²) in [6.45, 7) is 2.35. The van der Waals surface area contributed by atoms with E-state index in [4.69, 9.17) is 0 Å². The minimum Gasteiger partial charge on any atom is -0.333 e. The number of rotatable bonds is 5. The highest BCUT2D eigenvalue weighted by molar-refractivity contribution is 7.14. The van der Waals surface area contributed by atoms with Crippen molar-refractivity contribution in [2.75, 3.05) is 5.32 Å². The molecule has 25 heavy (non-hydrogen) atoms. The highest BCUT2D eigenvalue weighted by atomic mass is 32.1. The zero-order valence-electron chi connectivity index (χ0n) is 13.8. The van der Waals surface area contributed by atoms with Crippen LogP contribution in [0.25, 0.3) is 0 Å². The van der Waals surface area contributed by atoms with Crippen molar-refractivity contribution < 1.29 is 9.59 Å². The molecule has 1 heterocycles. The number of aryl methyl sites for hydroxylation is 1. The summed E-state index contributed by atoms with van der Waals surface area (Å²) in [6, 6.07) is 20.2. The van der Waals surface area contributed by atoms with Gasteiger partial charge in [-0.05, 0) is 36.8 Å². The lowest BCUT2D eigenvalue weighted by atomic mass is 10.1. The fourth-order valence-electron chi connectivity index (χ4n) is 2.39. The van der Waals surface area contributed by atoms with Gasteiger partial charge in [0.05, 0.1) is 11.4 Å². The number of nitrogens with one attached hydrogen (secondary N) is 2. The van der Waals surface area contributed by atoms with Gasteiger partial charge in [-0.3, -0.25) is 4.79 Å². The maximum absolute atomic E-state index is 12.4. The van der Waals surface area contributed by atoms with Gasteiger partial charge in [-0.1, -0.05) is 42.5 Å². The molecule has 0 unspecified atom stereocenters. The topological polar surface area (TPSA) is 58.2 Å². The zero-order valence-corrected chi connectivity index (χ0v) is 14.6. The van der Waals surface area contributed by atoms with Crippen molar-refractivity contribution in [3.05, 3.63) is 87.6 Å². The molecule has 0 aliphatic rings. The van der Waals surface area contributed by atoms with Crippen LogP contribution in [0.5, 0.6) is 0 Å². The van der Waals surface area contributed by atoms with Crippen LogP contribution in [0.1, 0.15) is 25.7 Å². The molecule has 5 heteroatoms. The van der Waals surface area contributed by atoms with Crippen LogP contribution in [0.3, 0.4) is 0 Å². The van der Waals surface area contributed by atoms with Gasteiger partial charge in [0, 0.05) is 16.1 Å². The van der Waals surface area contributed by atoms with E-state index in [1.807, 2.05) is 55.5 Å². The van der Waals surface area contributed by atoms with Gasteiger partial charge >= 0.3 is 6.03 Å². The lowest BCUT2D eigenvalue weighted by molar-refractivity contribution is 0.104. The molecule has 0 fully saturated rings. The van der Waals surface area contributed by atoms with E-state index in [1.54, 1.807) is 18.2 Å². The van der Waals surface area contributed by atoms with E-state index in [0.717, 1.165) is 16.1 Å². The Hall–Kier alpha value is -2.92. The van der Waals surface area contributed by atoms with Gasteiger partial charge in [-0.2, -0.15) is 0 Å². The minimum atomic E-state index is -0.269. The number of hydrogen-bond acceptors (Lipinski definition) is 3. The molecule has 0 aliphatic carbocycles. The Morgan fingerprint density at radius 2 is 1.76 bits per heavy atom. The van der Waals surface area contributed by atoms with Gasteiger partial charge in [0.2, 0.25) is 5.78 Å². The van der Waals surface area contributed by atoms with E-state index in [-0.39, 0.29) is 11.8 Å². The molecule has 2 aromatic carbocycles. The number of hydrogen-bond donors (Lipinski definition) is 2. The first-order valence-corrected chi connectivity index (χ1v) is 8.73. The molecule has 126 valence electrons. The second kappa shape index (κ2) is 7.77. The van der Waals surface area contributed by atoms with Gasteiger partial charge in [0.15, 0.2) is 0 Å². The summed E-state index contributed by atoms with van der Waals surface area (Å²) in [7, 11) is 0. The third-order valence-electron chi connectivity index (χ3n) is 3.62. The second-order valence-corrected chi connectivity index (χ2v) is 6.81. The Morgan fingerprint density at radius 3 is 2.52 bits per heavy atom. The molecular weight excluding hydrogens is 332 g/mol. The van der Waals surface area contributed by atoms with Crippen LogP contribution in [-0.2, 0) is 6.54 Å². The highest BCUT2D eigenvalue weighted by Gasteiger charge is 2.12. The van der Waals surface area contributed by atoms with Crippen molar-refractivity contribution in [1.29, 1.82) is 0 Å². The van der Waals surface area contributed by atoms with Crippen molar-refractivity contribution in [2.45, 2.75) is 13.5 Å². The quantitative estimate of drug-likeness (QED) is 0.660. The van der Waals surface area contributed by atoms with Crippen LogP contribution in [0.2, 0.25) is 0 Å². The molecule has 2 N–H and O–H groups in total. The molecule has 0 atom stereocenters. The third kappa shape index (κ3) is 4.55. The maximum atomic E-state index is 12.4. The molecule has 0 saturated heterocycles. The molecule has 3 aromatic rings. The van der Waals surface area contributed by atoms with E-state index in [2.05, 4.69) is 10.6 Å². The molecule has 0 aliphatic heterocycles. The predicted molar refractivity (Wildman–Crippen MR) is 101 cm³/mol. The average Bonchev–Trinajstić information content (AvgIpc) is 3.09. The summed E-state index contributed by atoms with van der Waals surface area (Å²) in [5.41, 5.74) is 2.50. The number of carbonyl (C=O) groups is 2. The van der Waals surface area contributed by atoms with Crippen LogP contribution in [0.15, 0.2) is 66.7 Å². The van der Waals surface area contributed by atoms with E-state index in [1.165, 1.54) is 11.3 Å². The molecule has 0 saturated carbocycles. The normalized spacial score (nSPS) is 10.3. The summed E-state index contributed by atoms with van der Waals surface area (Å²) >= 11 is 1.39. The summed E-state index contributed by atoms with van der Waals surface area (Å²) in [5.74, 6) is 0.000984. The van der Waals surface area contributed by atoms with E-state index in [0.29, 0.717) is 17.0 Å². The summed E-state index contributed by atoms with van der Waals surface area (Å²) in [6.07, 6.45) is 0. The largest absolute Gasteiger partial charge is 0.333 e. The summed E-state index contributed by atoms with van der Waals surface area (Å²) < 4.78 is 0. The van der Waals surface area contributed by atoms with Crippen LogP contribution in [0, 0.1) is 6.92 Å². The van der Waals surface area contributed by atoms with Crippen molar-refractivity contribution >= 4 is 28.8 Å². The van der Waals surface area contributed by atoms with Gasteiger partial charge in [-0.15, -0.1) is 11.3 Å². The number of carbonyl (C=O) groups excluding carboxylic acids is 2. The molecule has 4 nitrogen and oxygen atoms in total. The Morgan fingerprint density at radius 1 is 0.960 bits per heavy atom.